The Kier molecular flexibility index (Phi) is 69.9. The molecule has 0 aliphatic heterocycles. The average molecular weight is 183 g/mol. The molecule has 19 valence electrons. The van der Waals surface area contributed by atoms with Gasteiger partial charge < -0.3 is 1.43 Å². The van der Waals surface area contributed by atoms with Crippen LogP contribution in [0, 0.1) is 0 Å². The van der Waals surface area contributed by atoms with Crippen molar-refractivity contribution < 1.29 is 76.7 Å². The number of rotatable bonds is 0. The summed E-state index contributed by atoms with van der Waals surface area (Å²) >= 11 is 0. The van der Waals surface area contributed by atoms with Crippen molar-refractivity contribution in [3.63, 3.8) is 0 Å². The standard InChI is InChI=1S/BH2Si.Fe.Rb.H/c1-2;;;/h2H2;;;/q;;+1;-1. The first-order valence-electron chi connectivity index (χ1n) is 0.408. The maximum atomic E-state index is 4.53. The second kappa shape index (κ2) is 17.5. The van der Waals surface area contributed by atoms with Gasteiger partial charge in [-0.3, -0.25) is 0 Å². The molecule has 0 saturated carbocycles. The van der Waals surface area contributed by atoms with Gasteiger partial charge in [0.1, 0.15) is 0 Å². The van der Waals surface area contributed by atoms with Gasteiger partial charge in [0, 0.05) is 24.5 Å². The largest absolute Gasteiger partial charge is 1.00 e. The molecule has 0 fully saturated rings. The van der Waals surface area contributed by atoms with Gasteiger partial charge >= 0.3 is 58.2 Å². The Balaban J connectivity index is -0.00000000167. The van der Waals surface area contributed by atoms with Crippen molar-refractivity contribution in [3.05, 3.63) is 0 Å². The fourth-order valence-corrected chi connectivity index (χ4v) is 0. The Hall–Kier alpha value is 2.61. The predicted octanol–water partition coefficient (Wildman–Crippen LogP) is -4.18. The molecular formula is H3BFeRbSi. The van der Waals surface area contributed by atoms with Crippen LogP contribution in [0.1, 0.15) is 1.43 Å². The van der Waals surface area contributed by atoms with E-state index in [0.717, 1.165) is 0 Å². The minimum atomic E-state index is 0. The van der Waals surface area contributed by atoms with E-state index in [2.05, 4.69) is 7.44 Å². The molecule has 0 aliphatic carbocycles. The van der Waals surface area contributed by atoms with Crippen LogP contribution < -0.4 is 58.2 Å². The quantitative estimate of drug-likeness (QED) is 0.334. The molecule has 0 nitrogen and oxygen atoms in total. The zero-order valence-electron chi connectivity index (χ0n) is 3.64. The third-order valence-corrected chi connectivity index (χ3v) is 0. The van der Waals surface area contributed by atoms with Crippen LogP contribution in [0.4, 0.5) is 0 Å². The van der Waals surface area contributed by atoms with Gasteiger partial charge in [-0.25, -0.2) is 0 Å². The van der Waals surface area contributed by atoms with E-state index >= 15 is 0 Å². The summed E-state index contributed by atoms with van der Waals surface area (Å²) < 4.78 is 0. The molecule has 0 saturated heterocycles. The van der Waals surface area contributed by atoms with Gasteiger partial charge in [-0.1, -0.05) is 0 Å². The second-order valence-electron chi connectivity index (χ2n) is 0. The second-order valence-corrected chi connectivity index (χ2v) is 0. The van der Waals surface area contributed by atoms with E-state index < -0.39 is 0 Å². The van der Waals surface area contributed by atoms with E-state index in [4.69, 9.17) is 0 Å². The Morgan fingerprint density at radius 2 is 1.50 bits per heavy atom. The van der Waals surface area contributed by atoms with Crippen molar-refractivity contribution in [3.8, 4) is 0 Å². The van der Waals surface area contributed by atoms with Gasteiger partial charge in [0.25, 0.3) is 0 Å². The number of hydrogen-bond acceptors (Lipinski definition) is 0. The van der Waals surface area contributed by atoms with Crippen LogP contribution >= 0.6 is 0 Å². The molecular weight excluding hydrogens is 180 g/mol. The van der Waals surface area contributed by atoms with E-state index in [-0.39, 0.29) is 76.7 Å². The van der Waals surface area contributed by atoms with Gasteiger partial charge in [-0.2, -0.15) is 0 Å². The first-order valence-corrected chi connectivity index (χ1v) is 1.22. The third-order valence-electron chi connectivity index (χ3n) is 0. The maximum Gasteiger partial charge on any atom is 1.00 e. The Bertz CT molecular complexity index is 11.6. The summed E-state index contributed by atoms with van der Waals surface area (Å²) in [5, 5.41) is 0. The molecule has 0 aliphatic rings. The average Bonchev–Trinajstić information content (AvgIpc) is 1.00. The molecule has 0 bridgehead atoms. The first kappa shape index (κ1) is 16.0. The minimum absolute atomic E-state index is 0. The molecule has 0 rings (SSSR count). The zero-order valence-corrected chi connectivity index (χ0v) is 10.1. The summed E-state index contributed by atoms with van der Waals surface area (Å²) in [7, 11) is 5.89. The fraction of sp³-hybridized carbons (Fsp3) is 0. The normalized spacial score (nSPS) is 1.25. The maximum absolute atomic E-state index is 4.53. The first-order chi connectivity index (χ1) is 1.00. The Morgan fingerprint density at radius 1 is 1.50 bits per heavy atom. The van der Waals surface area contributed by atoms with Crippen LogP contribution in [0.2, 0.25) is 0 Å². The van der Waals surface area contributed by atoms with Gasteiger partial charge in [0.05, 0.1) is 0 Å². The van der Waals surface area contributed by atoms with Crippen LogP contribution in [0.25, 0.3) is 0 Å². The molecule has 0 spiro atoms. The van der Waals surface area contributed by atoms with E-state index in [0.29, 0.717) is 0 Å². The monoisotopic (exact) mass is 183 g/mol. The van der Waals surface area contributed by atoms with Crippen molar-refractivity contribution in [2.45, 2.75) is 0 Å². The van der Waals surface area contributed by atoms with E-state index in [9.17, 15) is 0 Å². The predicted molar refractivity (Wildman–Crippen MR) is 15.4 cm³/mol. The van der Waals surface area contributed by atoms with Crippen LogP contribution in [0.15, 0.2) is 0 Å². The van der Waals surface area contributed by atoms with E-state index in [1.165, 1.54) is 10.1 Å². The van der Waals surface area contributed by atoms with Gasteiger partial charge in [-0.05, 0) is 10.1 Å². The van der Waals surface area contributed by atoms with Crippen molar-refractivity contribution >= 4 is 17.6 Å². The number of hydrogen-bond donors (Lipinski definition) is 0. The summed E-state index contributed by atoms with van der Waals surface area (Å²) in [6.45, 7) is 0. The molecule has 4 heteroatoms. The van der Waals surface area contributed by atoms with Crippen LogP contribution in [0.3, 0.4) is 0 Å². The summed E-state index contributed by atoms with van der Waals surface area (Å²) in [6, 6.07) is 0. The van der Waals surface area contributed by atoms with Crippen LogP contribution in [-0.2, 0) is 17.1 Å². The molecule has 0 aromatic heterocycles. The summed E-state index contributed by atoms with van der Waals surface area (Å²) in [5.41, 5.74) is 0. The smallest absolute Gasteiger partial charge is 1.00 e. The van der Waals surface area contributed by atoms with Gasteiger partial charge in [0.2, 0.25) is 0 Å². The van der Waals surface area contributed by atoms with Crippen molar-refractivity contribution in [2.75, 3.05) is 0 Å². The fourth-order valence-electron chi connectivity index (χ4n) is 0. The molecule has 0 atom stereocenters. The Labute approximate surface area is 92.0 Å². The summed E-state index contributed by atoms with van der Waals surface area (Å²) in [5.74, 6) is 0. The zero-order chi connectivity index (χ0) is 2.00. The van der Waals surface area contributed by atoms with Gasteiger partial charge in [0.15, 0.2) is 0 Å². The molecule has 0 aromatic carbocycles. The molecule has 0 unspecified atom stereocenters. The van der Waals surface area contributed by atoms with Gasteiger partial charge in [-0.15, -0.1) is 0 Å². The summed E-state index contributed by atoms with van der Waals surface area (Å²) in [4.78, 5) is 0. The SMILES string of the molecule is [B][SiH2].[Fe].[H-].[Rb+]. The molecule has 0 heterocycles. The van der Waals surface area contributed by atoms with Crippen LogP contribution in [0.5, 0.6) is 0 Å². The minimum Gasteiger partial charge on any atom is -1.00 e. The van der Waals surface area contributed by atoms with E-state index in [1.807, 2.05) is 0 Å². The van der Waals surface area contributed by atoms with E-state index in [1.54, 1.807) is 0 Å². The molecule has 3 radical (unpaired) electrons. The molecule has 0 amide bonds. The molecule has 0 N–H and O–H groups in total. The summed E-state index contributed by atoms with van der Waals surface area (Å²) in [6.07, 6.45) is 0. The Morgan fingerprint density at radius 3 is 1.50 bits per heavy atom. The third kappa shape index (κ3) is 8.82. The van der Waals surface area contributed by atoms with Crippen molar-refractivity contribution in [2.24, 2.45) is 0 Å². The topological polar surface area (TPSA) is 0 Å². The van der Waals surface area contributed by atoms with Crippen LogP contribution in [-0.4, -0.2) is 17.6 Å². The molecule has 4 heavy (non-hydrogen) atoms. The van der Waals surface area contributed by atoms with Crippen molar-refractivity contribution in [1.29, 1.82) is 0 Å². The molecule has 0 aromatic rings. The van der Waals surface area contributed by atoms with Crippen molar-refractivity contribution in [1.82, 2.24) is 0 Å².